The molecule has 0 bridgehead atoms. The summed E-state index contributed by atoms with van der Waals surface area (Å²) in [7, 11) is 1.81. The lowest BCUT2D eigenvalue weighted by Crippen LogP contribution is -2.19. The summed E-state index contributed by atoms with van der Waals surface area (Å²) >= 11 is 9.35. The molecule has 21 heavy (non-hydrogen) atoms. The summed E-state index contributed by atoms with van der Waals surface area (Å²) in [6.07, 6.45) is 0.876. The molecular formula is C16H14BrClFNO. The van der Waals surface area contributed by atoms with Gasteiger partial charge in [0.15, 0.2) is 0 Å². The van der Waals surface area contributed by atoms with Crippen LogP contribution >= 0.6 is 27.5 Å². The second-order valence-corrected chi connectivity index (χ2v) is 6.32. The van der Waals surface area contributed by atoms with Crippen molar-refractivity contribution in [3.05, 3.63) is 62.3 Å². The van der Waals surface area contributed by atoms with E-state index in [4.69, 9.17) is 16.3 Å². The molecule has 5 heteroatoms. The third-order valence-corrected chi connectivity index (χ3v) is 4.34. The van der Waals surface area contributed by atoms with E-state index in [9.17, 15) is 4.39 Å². The molecule has 0 saturated carbocycles. The van der Waals surface area contributed by atoms with Crippen molar-refractivity contribution in [3.8, 4) is 5.75 Å². The van der Waals surface area contributed by atoms with Crippen molar-refractivity contribution >= 4 is 27.5 Å². The highest BCUT2D eigenvalue weighted by molar-refractivity contribution is 9.10. The van der Waals surface area contributed by atoms with Crippen LogP contribution in [0.4, 0.5) is 4.39 Å². The minimum atomic E-state index is -0.325. The molecule has 1 atom stereocenters. The summed E-state index contributed by atoms with van der Waals surface area (Å²) in [4.78, 5) is 0. The van der Waals surface area contributed by atoms with Crippen molar-refractivity contribution in [1.82, 2.24) is 5.32 Å². The van der Waals surface area contributed by atoms with Gasteiger partial charge in [-0.15, -0.1) is 0 Å². The van der Waals surface area contributed by atoms with Gasteiger partial charge in [0.25, 0.3) is 0 Å². The summed E-state index contributed by atoms with van der Waals surface area (Å²) in [5.41, 5.74) is 2.63. The summed E-state index contributed by atoms with van der Waals surface area (Å²) in [6, 6.07) is 8.48. The third kappa shape index (κ3) is 2.80. The molecule has 3 rings (SSSR count). The largest absolute Gasteiger partial charge is 0.493 e. The Kier molecular flexibility index (Phi) is 4.20. The highest BCUT2D eigenvalue weighted by atomic mass is 79.9. The van der Waals surface area contributed by atoms with Crippen molar-refractivity contribution in [1.29, 1.82) is 0 Å². The van der Waals surface area contributed by atoms with Crippen LogP contribution in [0.25, 0.3) is 0 Å². The molecule has 0 aliphatic carbocycles. The average Bonchev–Trinajstić information content (AvgIpc) is 2.89. The first-order valence-electron chi connectivity index (χ1n) is 6.67. The molecule has 1 aliphatic heterocycles. The Morgan fingerprint density at radius 2 is 2.10 bits per heavy atom. The van der Waals surface area contributed by atoms with E-state index < -0.39 is 0 Å². The maximum Gasteiger partial charge on any atom is 0.129 e. The molecule has 0 radical (unpaired) electrons. The van der Waals surface area contributed by atoms with Crippen LogP contribution in [-0.2, 0) is 6.42 Å². The van der Waals surface area contributed by atoms with Crippen molar-refractivity contribution in [2.24, 2.45) is 0 Å². The van der Waals surface area contributed by atoms with Gasteiger partial charge in [-0.3, -0.25) is 0 Å². The van der Waals surface area contributed by atoms with Gasteiger partial charge in [-0.1, -0.05) is 33.6 Å². The summed E-state index contributed by atoms with van der Waals surface area (Å²) < 4.78 is 21.0. The Morgan fingerprint density at radius 1 is 1.29 bits per heavy atom. The maximum atomic E-state index is 14.2. The Labute approximate surface area is 136 Å². The molecule has 2 aromatic rings. The predicted molar refractivity (Wildman–Crippen MR) is 85.7 cm³/mol. The summed E-state index contributed by atoms with van der Waals surface area (Å²) in [6.45, 7) is 0.665. The lowest BCUT2D eigenvalue weighted by molar-refractivity contribution is 0.350. The Bertz CT molecular complexity index is 692. The Balaban J connectivity index is 2.13. The third-order valence-electron chi connectivity index (χ3n) is 3.65. The van der Waals surface area contributed by atoms with E-state index in [-0.39, 0.29) is 11.9 Å². The van der Waals surface area contributed by atoms with Crippen LogP contribution in [0.3, 0.4) is 0 Å². The fourth-order valence-electron chi connectivity index (χ4n) is 2.73. The van der Waals surface area contributed by atoms with Crippen molar-refractivity contribution in [2.75, 3.05) is 13.7 Å². The Hall–Kier alpha value is -1.10. The topological polar surface area (TPSA) is 21.3 Å². The van der Waals surface area contributed by atoms with E-state index in [1.165, 1.54) is 6.07 Å². The zero-order valence-electron chi connectivity index (χ0n) is 11.4. The summed E-state index contributed by atoms with van der Waals surface area (Å²) in [5, 5.41) is 3.56. The molecular weight excluding hydrogens is 357 g/mol. The van der Waals surface area contributed by atoms with Crippen molar-refractivity contribution < 1.29 is 9.13 Å². The van der Waals surface area contributed by atoms with Crippen LogP contribution in [0.5, 0.6) is 5.75 Å². The van der Waals surface area contributed by atoms with E-state index in [0.717, 1.165) is 27.8 Å². The van der Waals surface area contributed by atoms with Crippen LogP contribution in [0, 0.1) is 5.82 Å². The molecule has 0 fully saturated rings. The number of benzene rings is 2. The fraction of sp³-hybridized carbons (Fsp3) is 0.250. The van der Waals surface area contributed by atoms with Crippen LogP contribution in [0.1, 0.15) is 22.7 Å². The van der Waals surface area contributed by atoms with Gasteiger partial charge in [0.2, 0.25) is 0 Å². The molecule has 2 aromatic carbocycles. The molecule has 1 heterocycles. The number of hydrogen-bond donors (Lipinski definition) is 1. The van der Waals surface area contributed by atoms with Gasteiger partial charge >= 0.3 is 0 Å². The van der Waals surface area contributed by atoms with E-state index in [1.807, 2.05) is 6.07 Å². The molecule has 0 spiro atoms. The monoisotopic (exact) mass is 369 g/mol. The second kappa shape index (κ2) is 5.95. The maximum absolute atomic E-state index is 14.2. The van der Waals surface area contributed by atoms with E-state index >= 15 is 0 Å². The highest BCUT2D eigenvalue weighted by Gasteiger charge is 2.25. The molecule has 1 N–H and O–H groups in total. The smallest absolute Gasteiger partial charge is 0.129 e. The molecule has 1 aliphatic rings. The van der Waals surface area contributed by atoms with Gasteiger partial charge in [0, 0.05) is 27.0 Å². The number of ether oxygens (including phenoxy) is 1. The fourth-order valence-corrected chi connectivity index (χ4v) is 3.41. The second-order valence-electron chi connectivity index (χ2n) is 4.97. The number of nitrogens with one attached hydrogen (secondary N) is 1. The first-order valence-corrected chi connectivity index (χ1v) is 7.84. The van der Waals surface area contributed by atoms with Crippen LogP contribution in [-0.4, -0.2) is 13.7 Å². The highest BCUT2D eigenvalue weighted by Crippen LogP contribution is 2.39. The van der Waals surface area contributed by atoms with Crippen molar-refractivity contribution in [3.63, 3.8) is 0 Å². The lowest BCUT2D eigenvalue weighted by Gasteiger charge is -2.21. The number of halogens is 3. The van der Waals surface area contributed by atoms with Gasteiger partial charge < -0.3 is 10.1 Å². The van der Waals surface area contributed by atoms with Crippen LogP contribution in [0.2, 0.25) is 5.02 Å². The minimum Gasteiger partial charge on any atom is -0.493 e. The van der Waals surface area contributed by atoms with Gasteiger partial charge in [-0.2, -0.15) is 0 Å². The molecule has 0 aromatic heterocycles. The van der Waals surface area contributed by atoms with E-state index in [0.29, 0.717) is 17.2 Å². The molecule has 2 nitrogen and oxygen atoms in total. The first-order chi connectivity index (χ1) is 10.1. The first kappa shape index (κ1) is 14.8. The molecule has 0 amide bonds. The van der Waals surface area contributed by atoms with Gasteiger partial charge in [-0.05, 0) is 36.9 Å². The van der Waals surface area contributed by atoms with Gasteiger partial charge in [0.1, 0.15) is 11.6 Å². The zero-order chi connectivity index (χ0) is 15.0. The van der Waals surface area contributed by atoms with Gasteiger partial charge in [0.05, 0.1) is 12.6 Å². The normalized spacial score (nSPS) is 14.7. The Morgan fingerprint density at radius 3 is 2.81 bits per heavy atom. The van der Waals surface area contributed by atoms with Crippen molar-refractivity contribution in [2.45, 2.75) is 12.5 Å². The average molecular weight is 371 g/mol. The number of rotatable bonds is 3. The van der Waals surface area contributed by atoms with E-state index in [2.05, 4.69) is 27.3 Å². The van der Waals surface area contributed by atoms with E-state index in [1.54, 1.807) is 19.2 Å². The standard InChI is InChI=1S/C16H14BrClFNO/c1-20-15(12-3-2-11(18)8-14(12)19)13-7-10(17)6-9-4-5-21-16(9)13/h2-3,6-8,15,20H,4-5H2,1H3. The minimum absolute atomic E-state index is 0.286. The van der Waals surface area contributed by atoms with Crippen LogP contribution < -0.4 is 10.1 Å². The number of hydrogen-bond acceptors (Lipinski definition) is 2. The quantitative estimate of drug-likeness (QED) is 0.860. The molecule has 0 saturated heterocycles. The van der Waals surface area contributed by atoms with Crippen LogP contribution in [0.15, 0.2) is 34.8 Å². The lowest BCUT2D eigenvalue weighted by atomic mass is 9.95. The summed E-state index contributed by atoms with van der Waals surface area (Å²) in [5.74, 6) is 0.528. The SMILES string of the molecule is CNC(c1ccc(Cl)cc1F)c1cc(Br)cc2c1OCC2. The molecule has 1 unspecified atom stereocenters. The zero-order valence-corrected chi connectivity index (χ0v) is 13.8. The molecule has 110 valence electrons. The number of fused-ring (bicyclic) bond motifs is 1. The van der Waals surface area contributed by atoms with Gasteiger partial charge in [-0.25, -0.2) is 4.39 Å². The predicted octanol–water partition coefficient (Wildman–Crippen LogP) is 4.49.